The van der Waals surface area contributed by atoms with Gasteiger partial charge in [-0.2, -0.15) is 0 Å². The van der Waals surface area contributed by atoms with Crippen molar-refractivity contribution in [1.82, 2.24) is 0 Å². The van der Waals surface area contributed by atoms with Crippen LogP contribution in [0.4, 0.5) is 10.1 Å². The topological polar surface area (TPSA) is 12.0 Å². The molecule has 0 radical (unpaired) electrons. The average Bonchev–Trinajstić information content (AvgIpc) is 2.97. The van der Waals surface area contributed by atoms with Gasteiger partial charge in [-0.1, -0.05) is 35.9 Å². The molecule has 0 aromatic heterocycles. The lowest BCUT2D eigenvalue weighted by atomic mass is 9.76. The molecule has 1 aliphatic carbocycles. The number of aryl methyl sites for hydroxylation is 1. The molecule has 2 aromatic rings. The molecule has 0 unspecified atom stereocenters. The van der Waals surface area contributed by atoms with E-state index < -0.39 is 0 Å². The predicted molar refractivity (Wildman–Crippen MR) is 88.9 cm³/mol. The third-order valence-electron chi connectivity index (χ3n) is 4.86. The molecule has 0 bridgehead atoms. The Bertz CT molecular complexity index is 751. The molecule has 3 heteroatoms. The van der Waals surface area contributed by atoms with Gasteiger partial charge in [0, 0.05) is 16.6 Å². The number of hydrogen-bond acceptors (Lipinski definition) is 1. The first-order valence-corrected chi connectivity index (χ1v) is 8.00. The van der Waals surface area contributed by atoms with Gasteiger partial charge in [-0.25, -0.2) is 4.39 Å². The van der Waals surface area contributed by atoms with Gasteiger partial charge in [0.05, 0.1) is 6.04 Å². The molecule has 0 fully saturated rings. The van der Waals surface area contributed by atoms with Crippen LogP contribution in [0.1, 0.15) is 35.1 Å². The lowest BCUT2D eigenvalue weighted by Gasteiger charge is -2.38. The molecule has 2 aromatic carbocycles. The van der Waals surface area contributed by atoms with Crippen molar-refractivity contribution in [2.24, 2.45) is 5.92 Å². The molecule has 4 rings (SSSR count). The fourth-order valence-corrected chi connectivity index (χ4v) is 4.12. The number of allylic oxidation sites excluding steroid dienone is 2. The summed E-state index contributed by atoms with van der Waals surface area (Å²) < 4.78 is 13.2. The zero-order valence-electron chi connectivity index (χ0n) is 12.3. The molecule has 2 aliphatic rings. The van der Waals surface area contributed by atoms with Crippen molar-refractivity contribution in [1.29, 1.82) is 0 Å². The molecule has 3 atom stereocenters. The summed E-state index contributed by atoms with van der Waals surface area (Å²) in [5.41, 5.74) is 4.75. The number of halogens is 2. The molecule has 0 saturated heterocycles. The Labute approximate surface area is 134 Å². The molecular formula is C19H17ClFN. The van der Waals surface area contributed by atoms with E-state index >= 15 is 0 Å². The van der Waals surface area contributed by atoms with Gasteiger partial charge in [-0.15, -0.1) is 0 Å². The quantitative estimate of drug-likeness (QED) is 0.674. The standard InChI is InChI=1S/C19H17ClFN/c1-11-9-13(20)10-17-15-3-2-4-16(15)19(22-18(11)17)12-5-7-14(21)8-6-12/h2-3,5-10,15-16,19,22H,4H2,1H3/t15-,16-,19-/m1/s1. The van der Waals surface area contributed by atoms with Crippen molar-refractivity contribution in [2.45, 2.75) is 25.3 Å². The van der Waals surface area contributed by atoms with Gasteiger partial charge in [-0.3, -0.25) is 0 Å². The molecule has 112 valence electrons. The normalized spacial score (nSPS) is 25.5. The van der Waals surface area contributed by atoms with E-state index in [9.17, 15) is 4.39 Å². The first-order chi connectivity index (χ1) is 10.6. The summed E-state index contributed by atoms with van der Waals surface area (Å²) in [7, 11) is 0. The first kappa shape index (κ1) is 13.8. The van der Waals surface area contributed by atoms with Crippen molar-refractivity contribution >= 4 is 17.3 Å². The molecular weight excluding hydrogens is 297 g/mol. The molecule has 1 aliphatic heterocycles. The summed E-state index contributed by atoms with van der Waals surface area (Å²) in [6.07, 6.45) is 5.57. The van der Waals surface area contributed by atoms with Crippen LogP contribution in [0.2, 0.25) is 5.02 Å². The largest absolute Gasteiger partial charge is 0.377 e. The summed E-state index contributed by atoms with van der Waals surface area (Å²) >= 11 is 6.25. The monoisotopic (exact) mass is 313 g/mol. The zero-order valence-corrected chi connectivity index (χ0v) is 13.1. The van der Waals surface area contributed by atoms with E-state index in [0.29, 0.717) is 11.8 Å². The fourth-order valence-electron chi connectivity index (χ4n) is 3.84. The highest BCUT2D eigenvalue weighted by Gasteiger charge is 2.38. The van der Waals surface area contributed by atoms with E-state index in [1.807, 2.05) is 18.2 Å². The third-order valence-corrected chi connectivity index (χ3v) is 5.08. The smallest absolute Gasteiger partial charge is 0.123 e. The number of nitrogens with one attached hydrogen (secondary N) is 1. The van der Waals surface area contributed by atoms with E-state index in [-0.39, 0.29) is 11.9 Å². The third kappa shape index (κ3) is 2.14. The molecule has 1 nitrogen and oxygen atoms in total. The second-order valence-electron chi connectivity index (χ2n) is 6.21. The molecule has 0 saturated carbocycles. The van der Waals surface area contributed by atoms with Crippen molar-refractivity contribution < 1.29 is 4.39 Å². The summed E-state index contributed by atoms with van der Waals surface area (Å²) in [6.45, 7) is 2.08. The maximum Gasteiger partial charge on any atom is 0.123 e. The van der Waals surface area contributed by atoms with Crippen LogP contribution in [0.5, 0.6) is 0 Å². The molecule has 1 N–H and O–H groups in total. The number of hydrogen-bond donors (Lipinski definition) is 1. The Hall–Kier alpha value is -1.80. The van der Waals surface area contributed by atoms with Crippen LogP contribution >= 0.6 is 11.6 Å². The van der Waals surface area contributed by atoms with Gasteiger partial charge in [0.2, 0.25) is 0 Å². The second kappa shape index (κ2) is 5.13. The maximum absolute atomic E-state index is 13.2. The highest BCUT2D eigenvalue weighted by atomic mass is 35.5. The van der Waals surface area contributed by atoms with E-state index in [0.717, 1.165) is 22.6 Å². The van der Waals surface area contributed by atoms with E-state index in [1.165, 1.54) is 11.3 Å². The number of fused-ring (bicyclic) bond motifs is 3. The summed E-state index contributed by atoms with van der Waals surface area (Å²) in [4.78, 5) is 0. The van der Waals surface area contributed by atoms with Gasteiger partial charge < -0.3 is 5.32 Å². The summed E-state index contributed by atoms with van der Waals surface area (Å²) in [5, 5.41) is 4.47. The van der Waals surface area contributed by atoms with Gasteiger partial charge in [-0.05, 0) is 60.2 Å². The Balaban J connectivity index is 1.82. The lowest BCUT2D eigenvalue weighted by Crippen LogP contribution is -2.29. The van der Waals surface area contributed by atoms with Crippen molar-refractivity contribution in [3.05, 3.63) is 76.1 Å². The van der Waals surface area contributed by atoms with Crippen LogP contribution in [-0.4, -0.2) is 0 Å². The molecule has 0 amide bonds. The predicted octanol–water partition coefficient (Wildman–Crippen LogP) is 5.61. The number of anilines is 1. The van der Waals surface area contributed by atoms with E-state index in [2.05, 4.69) is 30.5 Å². The van der Waals surface area contributed by atoms with Crippen LogP contribution in [0.3, 0.4) is 0 Å². The minimum absolute atomic E-state index is 0.191. The van der Waals surface area contributed by atoms with Crippen molar-refractivity contribution in [2.75, 3.05) is 5.32 Å². The Morgan fingerprint density at radius 2 is 1.95 bits per heavy atom. The summed E-state index contributed by atoms with van der Waals surface area (Å²) in [6, 6.07) is 11.1. The highest BCUT2D eigenvalue weighted by Crippen LogP contribution is 2.51. The zero-order chi connectivity index (χ0) is 15.3. The highest BCUT2D eigenvalue weighted by molar-refractivity contribution is 6.30. The molecule has 0 spiro atoms. The van der Waals surface area contributed by atoms with Crippen LogP contribution in [0.15, 0.2) is 48.6 Å². The van der Waals surface area contributed by atoms with E-state index in [4.69, 9.17) is 11.6 Å². The first-order valence-electron chi connectivity index (χ1n) is 7.62. The summed E-state index contributed by atoms with van der Waals surface area (Å²) in [5.74, 6) is 0.642. The van der Waals surface area contributed by atoms with Crippen LogP contribution in [-0.2, 0) is 0 Å². The van der Waals surface area contributed by atoms with Gasteiger partial charge in [0.15, 0.2) is 0 Å². The van der Waals surface area contributed by atoms with Crippen molar-refractivity contribution in [3.8, 4) is 0 Å². The fraction of sp³-hybridized carbons (Fsp3) is 0.263. The van der Waals surface area contributed by atoms with Crippen LogP contribution < -0.4 is 5.32 Å². The Morgan fingerprint density at radius 1 is 1.18 bits per heavy atom. The maximum atomic E-state index is 13.2. The minimum atomic E-state index is -0.191. The number of rotatable bonds is 1. The number of benzene rings is 2. The lowest BCUT2D eigenvalue weighted by molar-refractivity contribution is 0.425. The Kier molecular flexibility index (Phi) is 3.23. The van der Waals surface area contributed by atoms with Crippen LogP contribution in [0.25, 0.3) is 0 Å². The van der Waals surface area contributed by atoms with Gasteiger partial charge in [0.1, 0.15) is 5.82 Å². The van der Waals surface area contributed by atoms with Gasteiger partial charge in [0.25, 0.3) is 0 Å². The minimum Gasteiger partial charge on any atom is -0.377 e. The van der Waals surface area contributed by atoms with E-state index in [1.54, 1.807) is 12.1 Å². The average molecular weight is 314 g/mol. The van der Waals surface area contributed by atoms with Crippen LogP contribution in [0, 0.1) is 18.7 Å². The SMILES string of the molecule is Cc1cc(Cl)cc2c1N[C@H](c1ccc(F)cc1)[C@@H]1CC=C[C@@H]21. The molecule has 1 heterocycles. The second-order valence-corrected chi connectivity index (χ2v) is 6.65. The van der Waals surface area contributed by atoms with Crippen molar-refractivity contribution in [3.63, 3.8) is 0 Å². The Morgan fingerprint density at radius 3 is 2.73 bits per heavy atom. The van der Waals surface area contributed by atoms with Gasteiger partial charge >= 0.3 is 0 Å². The molecule has 22 heavy (non-hydrogen) atoms.